The van der Waals surface area contributed by atoms with Gasteiger partial charge in [0.15, 0.2) is 0 Å². The van der Waals surface area contributed by atoms with Crippen molar-refractivity contribution in [2.24, 2.45) is 5.41 Å². The maximum absolute atomic E-state index is 13.6. The predicted octanol–water partition coefficient (Wildman–Crippen LogP) is 3.26. The van der Waals surface area contributed by atoms with Crippen LogP contribution in [0, 0.1) is 17.0 Å². The summed E-state index contributed by atoms with van der Waals surface area (Å²) in [4.78, 5) is 11.9. The fourth-order valence-corrected chi connectivity index (χ4v) is 2.30. The number of nitrogens with one attached hydrogen (secondary N) is 1. The number of aliphatic hydroxyl groups is 1. The molecule has 0 atom stereocenters. The minimum atomic E-state index is -0.919. The molecule has 0 radical (unpaired) electrons. The topological polar surface area (TPSA) is 49.3 Å². The first-order valence-corrected chi connectivity index (χ1v) is 7.22. The molecule has 2 N–H and O–H groups in total. The van der Waals surface area contributed by atoms with E-state index < -0.39 is 28.5 Å². The zero-order chi connectivity index (χ0) is 15.3. The molecule has 1 rings (SSSR count). The first-order valence-electron chi connectivity index (χ1n) is 6.42. The summed E-state index contributed by atoms with van der Waals surface area (Å²) in [6.07, 6.45) is 1.32. The lowest BCUT2D eigenvalue weighted by atomic mass is 9.83. The van der Waals surface area contributed by atoms with Crippen molar-refractivity contribution in [3.05, 3.63) is 33.8 Å². The lowest BCUT2D eigenvalue weighted by Crippen LogP contribution is -2.39. The van der Waals surface area contributed by atoms with Crippen LogP contribution in [0.2, 0.25) is 0 Å². The molecule has 112 valence electrons. The first-order chi connectivity index (χ1) is 9.39. The highest BCUT2D eigenvalue weighted by Crippen LogP contribution is 2.25. The van der Waals surface area contributed by atoms with Gasteiger partial charge in [0.1, 0.15) is 17.2 Å². The van der Waals surface area contributed by atoms with E-state index in [0.717, 1.165) is 12.1 Å². The summed E-state index contributed by atoms with van der Waals surface area (Å²) in [5.74, 6) is -2.65. The summed E-state index contributed by atoms with van der Waals surface area (Å²) in [7, 11) is 0. The number of amides is 1. The molecule has 1 amide bonds. The van der Waals surface area contributed by atoms with Gasteiger partial charge in [-0.1, -0.05) is 29.8 Å². The van der Waals surface area contributed by atoms with Crippen molar-refractivity contribution < 1.29 is 18.7 Å². The Kier molecular flexibility index (Phi) is 6.07. The molecule has 0 spiro atoms. The minimum absolute atomic E-state index is 0.0917. The molecule has 0 bridgehead atoms. The highest BCUT2D eigenvalue weighted by Gasteiger charge is 2.27. The quantitative estimate of drug-likeness (QED) is 0.828. The van der Waals surface area contributed by atoms with E-state index in [1.54, 1.807) is 0 Å². The SMILES string of the molecule is CCC(CC)(CO)CNC(=O)c1c(F)cc(Br)cc1F. The molecule has 0 aliphatic heterocycles. The van der Waals surface area contributed by atoms with E-state index in [2.05, 4.69) is 21.2 Å². The highest BCUT2D eigenvalue weighted by molar-refractivity contribution is 9.10. The van der Waals surface area contributed by atoms with Crippen molar-refractivity contribution in [2.75, 3.05) is 13.2 Å². The maximum Gasteiger partial charge on any atom is 0.257 e. The van der Waals surface area contributed by atoms with Crippen LogP contribution in [0.1, 0.15) is 37.0 Å². The molecule has 0 saturated heterocycles. The number of benzene rings is 1. The molecule has 0 fully saturated rings. The van der Waals surface area contributed by atoms with Gasteiger partial charge in [-0.2, -0.15) is 0 Å². The maximum atomic E-state index is 13.6. The van der Waals surface area contributed by atoms with Crippen molar-refractivity contribution in [1.29, 1.82) is 0 Å². The summed E-state index contributed by atoms with van der Waals surface area (Å²) in [5, 5.41) is 11.9. The molecule has 1 aromatic carbocycles. The molecule has 0 unspecified atom stereocenters. The van der Waals surface area contributed by atoms with Crippen LogP contribution >= 0.6 is 15.9 Å². The molecule has 0 saturated carbocycles. The fraction of sp³-hybridized carbons (Fsp3) is 0.500. The van der Waals surface area contributed by atoms with Crippen molar-refractivity contribution in [3.63, 3.8) is 0 Å². The molecule has 0 aromatic heterocycles. The Labute approximate surface area is 125 Å². The Morgan fingerprint density at radius 1 is 1.30 bits per heavy atom. The third-order valence-corrected chi connectivity index (χ3v) is 4.15. The van der Waals surface area contributed by atoms with Gasteiger partial charge >= 0.3 is 0 Å². The first kappa shape index (κ1) is 17.0. The Morgan fingerprint density at radius 2 is 1.80 bits per heavy atom. The summed E-state index contributed by atoms with van der Waals surface area (Å²) >= 11 is 2.96. The highest BCUT2D eigenvalue weighted by atomic mass is 79.9. The molecular weight excluding hydrogens is 332 g/mol. The minimum Gasteiger partial charge on any atom is -0.396 e. The fourth-order valence-electron chi connectivity index (χ4n) is 1.89. The van der Waals surface area contributed by atoms with E-state index >= 15 is 0 Å². The Bertz CT molecular complexity index is 459. The number of carbonyl (C=O) groups is 1. The number of aliphatic hydroxyl groups excluding tert-OH is 1. The lowest BCUT2D eigenvalue weighted by molar-refractivity contribution is 0.0844. The predicted molar refractivity (Wildman–Crippen MR) is 76.5 cm³/mol. The second kappa shape index (κ2) is 7.13. The van der Waals surface area contributed by atoms with Crippen molar-refractivity contribution in [3.8, 4) is 0 Å². The monoisotopic (exact) mass is 349 g/mol. The van der Waals surface area contributed by atoms with Crippen LogP contribution in [0.15, 0.2) is 16.6 Å². The smallest absolute Gasteiger partial charge is 0.257 e. The molecule has 0 heterocycles. The van der Waals surface area contributed by atoms with Crippen LogP contribution < -0.4 is 5.32 Å². The van der Waals surface area contributed by atoms with Gasteiger partial charge in [-0.25, -0.2) is 8.78 Å². The molecule has 0 aliphatic carbocycles. The Hall–Kier alpha value is -1.01. The van der Waals surface area contributed by atoms with Gasteiger partial charge in [-0.15, -0.1) is 0 Å². The molecular formula is C14H18BrF2NO2. The van der Waals surface area contributed by atoms with E-state index in [0.29, 0.717) is 12.8 Å². The molecule has 0 aliphatic rings. The van der Waals surface area contributed by atoms with E-state index in [4.69, 9.17) is 0 Å². The Balaban J connectivity index is 2.88. The van der Waals surface area contributed by atoms with E-state index in [1.165, 1.54) is 0 Å². The average molecular weight is 350 g/mol. The number of rotatable bonds is 6. The van der Waals surface area contributed by atoms with Crippen molar-refractivity contribution in [1.82, 2.24) is 5.32 Å². The van der Waals surface area contributed by atoms with Crippen LogP contribution in [0.4, 0.5) is 8.78 Å². The summed E-state index contributed by atoms with van der Waals surface area (Å²) in [6.45, 7) is 3.87. The third-order valence-electron chi connectivity index (χ3n) is 3.69. The summed E-state index contributed by atoms with van der Waals surface area (Å²) < 4.78 is 27.5. The van der Waals surface area contributed by atoms with E-state index in [-0.39, 0.29) is 17.6 Å². The van der Waals surface area contributed by atoms with Gasteiger partial charge in [0.2, 0.25) is 0 Å². The normalized spacial score (nSPS) is 11.5. The number of carbonyl (C=O) groups excluding carboxylic acids is 1. The second-order valence-corrected chi connectivity index (χ2v) is 5.71. The second-order valence-electron chi connectivity index (χ2n) is 4.79. The van der Waals surface area contributed by atoms with Crippen LogP contribution in [-0.4, -0.2) is 24.2 Å². The van der Waals surface area contributed by atoms with Crippen LogP contribution in [0.3, 0.4) is 0 Å². The number of hydrogen-bond donors (Lipinski definition) is 2. The number of halogens is 3. The largest absolute Gasteiger partial charge is 0.396 e. The zero-order valence-electron chi connectivity index (χ0n) is 11.5. The average Bonchev–Trinajstić information content (AvgIpc) is 2.39. The number of hydrogen-bond acceptors (Lipinski definition) is 2. The lowest BCUT2D eigenvalue weighted by Gasteiger charge is -2.29. The molecule has 20 heavy (non-hydrogen) atoms. The van der Waals surface area contributed by atoms with Crippen molar-refractivity contribution >= 4 is 21.8 Å². The van der Waals surface area contributed by atoms with Crippen LogP contribution in [-0.2, 0) is 0 Å². The Morgan fingerprint density at radius 3 is 2.20 bits per heavy atom. The molecule has 3 nitrogen and oxygen atoms in total. The summed E-state index contributed by atoms with van der Waals surface area (Å²) in [5.41, 5.74) is -1.06. The van der Waals surface area contributed by atoms with E-state index in [1.807, 2.05) is 13.8 Å². The van der Waals surface area contributed by atoms with Gasteiger partial charge in [0.25, 0.3) is 5.91 Å². The van der Waals surface area contributed by atoms with Crippen LogP contribution in [0.5, 0.6) is 0 Å². The summed E-state index contributed by atoms with van der Waals surface area (Å²) in [6, 6.07) is 2.08. The van der Waals surface area contributed by atoms with Gasteiger partial charge in [0.05, 0.1) is 6.61 Å². The van der Waals surface area contributed by atoms with Gasteiger partial charge in [-0.05, 0) is 25.0 Å². The standard InChI is InChI=1S/C14H18BrF2NO2/c1-3-14(4-2,8-19)7-18-13(20)12-10(16)5-9(15)6-11(12)17/h5-6,19H,3-4,7-8H2,1-2H3,(H,18,20). The molecule has 6 heteroatoms. The van der Waals surface area contributed by atoms with Gasteiger partial charge in [-0.3, -0.25) is 4.79 Å². The van der Waals surface area contributed by atoms with E-state index in [9.17, 15) is 18.7 Å². The molecule has 1 aromatic rings. The third kappa shape index (κ3) is 3.76. The van der Waals surface area contributed by atoms with Gasteiger partial charge < -0.3 is 10.4 Å². The zero-order valence-corrected chi connectivity index (χ0v) is 13.1. The van der Waals surface area contributed by atoms with Crippen LogP contribution in [0.25, 0.3) is 0 Å². The van der Waals surface area contributed by atoms with Crippen molar-refractivity contribution in [2.45, 2.75) is 26.7 Å². The van der Waals surface area contributed by atoms with Gasteiger partial charge in [0, 0.05) is 16.4 Å².